The maximum absolute atomic E-state index is 11.8. The van der Waals surface area contributed by atoms with Crippen LogP contribution in [0.4, 0.5) is 0 Å². The zero-order valence-corrected chi connectivity index (χ0v) is 16.7. The summed E-state index contributed by atoms with van der Waals surface area (Å²) in [5.41, 5.74) is 1.80. The Morgan fingerprint density at radius 1 is 1.23 bits per heavy atom. The van der Waals surface area contributed by atoms with Crippen LogP contribution >= 0.6 is 0 Å². The summed E-state index contributed by atoms with van der Waals surface area (Å²) in [6.45, 7) is 12.2. The third-order valence-electron chi connectivity index (χ3n) is 4.93. The second-order valence-corrected chi connectivity index (χ2v) is 7.26. The van der Waals surface area contributed by atoms with Gasteiger partial charge in [-0.25, -0.2) is 0 Å². The number of hydrogen-bond acceptors (Lipinski definition) is 3. The summed E-state index contributed by atoms with van der Waals surface area (Å²) in [6.07, 6.45) is 0. The molecule has 2 unspecified atom stereocenters. The quantitative estimate of drug-likeness (QED) is 0.535. The molecule has 0 saturated carbocycles. The van der Waals surface area contributed by atoms with Crippen LogP contribution in [0.1, 0.15) is 43.6 Å². The van der Waals surface area contributed by atoms with Crippen LogP contribution in [0, 0.1) is 5.92 Å². The molecule has 3 N–H and O–H groups in total. The molecule has 6 heteroatoms. The van der Waals surface area contributed by atoms with Gasteiger partial charge in [-0.1, -0.05) is 19.1 Å². The van der Waals surface area contributed by atoms with E-state index in [1.54, 1.807) is 7.05 Å². The molecule has 0 aliphatic carbocycles. The average molecular weight is 360 g/mol. The maximum atomic E-state index is 11.8. The predicted octanol–water partition coefficient (Wildman–Crippen LogP) is 1.83. The van der Waals surface area contributed by atoms with Crippen molar-refractivity contribution in [1.29, 1.82) is 0 Å². The normalized spacial score (nSPS) is 21.1. The SMILES string of the molecule is CCNC(=O)c1ccc(CNC(=NC)NC2CN(C(C)C)CC2C)cc1. The van der Waals surface area contributed by atoms with Gasteiger partial charge in [0.15, 0.2) is 5.96 Å². The van der Waals surface area contributed by atoms with Gasteiger partial charge < -0.3 is 16.0 Å². The first-order valence-electron chi connectivity index (χ1n) is 9.53. The van der Waals surface area contributed by atoms with Gasteiger partial charge in [-0.15, -0.1) is 0 Å². The molecule has 0 bridgehead atoms. The molecule has 144 valence electrons. The summed E-state index contributed by atoms with van der Waals surface area (Å²) in [5.74, 6) is 1.38. The van der Waals surface area contributed by atoms with E-state index < -0.39 is 0 Å². The van der Waals surface area contributed by atoms with Crippen LogP contribution in [-0.4, -0.2) is 55.5 Å². The van der Waals surface area contributed by atoms with Crippen molar-refractivity contribution in [2.24, 2.45) is 10.9 Å². The standard InChI is InChI=1S/C20H33N5O/c1-6-22-19(26)17-9-7-16(8-10-17)11-23-20(21-5)24-18-13-25(14(2)3)12-15(18)4/h7-10,14-15,18H,6,11-13H2,1-5H3,(H,22,26)(H2,21,23,24). The molecule has 1 saturated heterocycles. The number of nitrogens with zero attached hydrogens (tertiary/aromatic N) is 2. The fourth-order valence-electron chi connectivity index (χ4n) is 3.21. The zero-order valence-electron chi connectivity index (χ0n) is 16.7. The molecule has 1 aromatic rings. The van der Waals surface area contributed by atoms with Gasteiger partial charge in [0.05, 0.1) is 0 Å². The van der Waals surface area contributed by atoms with Crippen molar-refractivity contribution in [2.45, 2.75) is 46.3 Å². The maximum Gasteiger partial charge on any atom is 0.251 e. The van der Waals surface area contributed by atoms with Gasteiger partial charge in [-0.3, -0.25) is 14.7 Å². The third-order valence-corrected chi connectivity index (χ3v) is 4.93. The van der Waals surface area contributed by atoms with Crippen molar-refractivity contribution in [2.75, 3.05) is 26.7 Å². The second-order valence-electron chi connectivity index (χ2n) is 7.26. The number of aliphatic imine (C=N–C) groups is 1. The molecule has 1 fully saturated rings. The Morgan fingerprint density at radius 2 is 1.92 bits per heavy atom. The number of rotatable bonds is 6. The second kappa shape index (κ2) is 9.57. The van der Waals surface area contributed by atoms with E-state index in [4.69, 9.17) is 0 Å². The molecule has 1 aliphatic heterocycles. The molecule has 1 amide bonds. The number of hydrogen-bond donors (Lipinski definition) is 3. The van der Waals surface area contributed by atoms with Crippen molar-refractivity contribution in [3.8, 4) is 0 Å². The Labute approximate surface area is 157 Å². The van der Waals surface area contributed by atoms with Gasteiger partial charge in [0.25, 0.3) is 5.91 Å². The molecule has 2 rings (SSSR count). The highest BCUT2D eigenvalue weighted by molar-refractivity contribution is 5.94. The van der Waals surface area contributed by atoms with Crippen LogP contribution in [0.5, 0.6) is 0 Å². The van der Waals surface area contributed by atoms with Gasteiger partial charge >= 0.3 is 0 Å². The van der Waals surface area contributed by atoms with Crippen LogP contribution in [0.2, 0.25) is 0 Å². The summed E-state index contributed by atoms with van der Waals surface area (Å²) >= 11 is 0. The number of nitrogens with one attached hydrogen (secondary N) is 3. The summed E-state index contributed by atoms with van der Waals surface area (Å²) in [6, 6.07) is 8.65. The Balaban J connectivity index is 1.86. The highest BCUT2D eigenvalue weighted by Crippen LogP contribution is 2.18. The van der Waals surface area contributed by atoms with Gasteiger partial charge in [-0.2, -0.15) is 0 Å². The molecule has 26 heavy (non-hydrogen) atoms. The summed E-state index contributed by atoms with van der Waals surface area (Å²) in [5, 5.41) is 9.73. The smallest absolute Gasteiger partial charge is 0.251 e. The topological polar surface area (TPSA) is 68.8 Å². The van der Waals surface area contributed by atoms with Gasteiger partial charge in [0, 0.05) is 50.9 Å². The van der Waals surface area contributed by atoms with E-state index in [-0.39, 0.29) is 5.91 Å². The number of carbonyl (C=O) groups is 1. The first kappa shape index (κ1) is 20.2. The van der Waals surface area contributed by atoms with E-state index in [9.17, 15) is 4.79 Å². The highest BCUT2D eigenvalue weighted by Gasteiger charge is 2.31. The van der Waals surface area contributed by atoms with Gasteiger partial charge in [0.1, 0.15) is 0 Å². The lowest BCUT2D eigenvalue weighted by molar-refractivity contribution is 0.0956. The Morgan fingerprint density at radius 3 is 2.46 bits per heavy atom. The van der Waals surface area contributed by atoms with E-state index in [2.05, 4.69) is 46.6 Å². The minimum atomic E-state index is -0.0330. The molecule has 1 heterocycles. The Hall–Kier alpha value is -2.08. The number of likely N-dealkylation sites (tertiary alicyclic amines) is 1. The van der Waals surface area contributed by atoms with Crippen molar-refractivity contribution >= 4 is 11.9 Å². The number of amides is 1. The average Bonchev–Trinajstić information content (AvgIpc) is 3.00. The van der Waals surface area contributed by atoms with Crippen LogP contribution in [0.15, 0.2) is 29.3 Å². The van der Waals surface area contributed by atoms with Crippen LogP contribution in [-0.2, 0) is 6.54 Å². The van der Waals surface area contributed by atoms with Crippen LogP contribution in [0.3, 0.4) is 0 Å². The van der Waals surface area contributed by atoms with Gasteiger partial charge in [-0.05, 0) is 44.4 Å². The Kier molecular flexibility index (Phi) is 7.45. The molecule has 6 nitrogen and oxygen atoms in total. The molecular formula is C20H33N5O. The highest BCUT2D eigenvalue weighted by atomic mass is 16.1. The summed E-state index contributed by atoms with van der Waals surface area (Å²) in [7, 11) is 1.80. The van der Waals surface area contributed by atoms with Gasteiger partial charge in [0.2, 0.25) is 0 Å². The van der Waals surface area contributed by atoms with E-state index in [0.717, 1.165) is 24.6 Å². The molecule has 1 aliphatic rings. The molecule has 2 atom stereocenters. The fraction of sp³-hybridized carbons (Fsp3) is 0.600. The van der Waals surface area contributed by atoms with E-state index >= 15 is 0 Å². The first-order valence-corrected chi connectivity index (χ1v) is 9.53. The van der Waals surface area contributed by atoms with Crippen molar-refractivity contribution < 1.29 is 4.79 Å². The minimum absolute atomic E-state index is 0.0330. The Bertz CT molecular complexity index is 611. The monoisotopic (exact) mass is 359 g/mol. The van der Waals surface area contributed by atoms with Crippen LogP contribution in [0.25, 0.3) is 0 Å². The summed E-state index contributed by atoms with van der Waals surface area (Å²) in [4.78, 5) is 18.7. The predicted molar refractivity (Wildman–Crippen MR) is 107 cm³/mol. The first-order chi connectivity index (χ1) is 12.4. The number of benzene rings is 1. The fourth-order valence-corrected chi connectivity index (χ4v) is 3.21. The van der Waals surface area contributed by atoms with E-state index in [0.29, 0.717) is 36.7 Å². The lowest BCUT2D eigenvalue weighted by atomic mass is 10.1. The third kappa shape index (κ3) is 5.46. The zero-order chi connectivity index (χ0) is 19.1. The number of carbonyl (C=O) groups excluding carboxylic acids is 1. The molecular weight excluding hydrogens is 326 g/mol. The molecule has 0 aromatic heterocycles. The van der Waals surface area contributed by atoms with Crippen molar-refractivity contribution in [3.05, 3.63) is 35.4 Å². The van der Waals surface area contributed by atoms with Crippen molar-refractivity contribution in [3.63, 3.8) is 0 Å². The van der Waals surface area contributed by atoms with Crippen molar-refractivity contribution in [1.82, 2.24) is 20.9 Å². The molecule has 0 radical (unpaired) electrons. The van der Waals surface area contributed by atoms with E-state index in [1.165, 1.54) is 0 Å². The minimum Gasteiger partial charge on any atom is -0.352 e. The van der Waals surface area contributed by atoms with Crippen LogP contribution < -0.4 is 16.0 Å². The largest absolute Gasteiger partial charge is 0.352 e. The molecule has 0 spiro atoms. The molecule has 1 aromatic carbocycles. The lowest BCUT2D eigenvalue weighted by Gasteiger charge is -2.22. The lowest BCUT2D eigenvalue weighted by Crippen LogP contribution is -2.46. The summed E-state index contributed by atoms with van der Waals surface area (Å²) < 4.78 is 0. The number of guanidine groups is 1. The van der Waals surface area contributed by atoms with E-state index in [1.807, 2.05) is 31.2 Å².